The van der Waals surface area contributed by atoms with E-state index in [2.05, 4.69) is 26.2 Å². The number of benzene rings is 1. The van der Waals surface area contributed by atoms with Gasteiger partial charge in [0, 0.05) is 23.7 Å². The molecule has 0 aliphatic heterocycles. The van der Waals surface area contributed by atoms with Gasteiger partial charge in [0.05, 0.1) is 21.2 Å². The van der Waals surface area contributed by atoms with Crippen LogP contribution in [0.25, 0.3) is 10.9 Å². The maximum atomic E-state index is 13.6. The van der Waals surface area contributed by atoms with Crippen molar-refractivity contribution in [2.45, 2.75) is 19.9 Å². The number of hydrogen-bond acceptors (Lipinski definition) is 4. The second-order valence-corrected chi connectivity index (χ2v) is 5.57. The zero-order chi connectivity index (χ0) is 14.9. The number of carbonyl (C=O) groups excluding carboxylic acids is 1. The molecule has 0 amide bonds. The molecule has 1 aromatic carbocycles. The van der Waals surface area contributed by atoms with Gasteiger partial charge in [0.25, 0.3) is 0 Å². The number of nitrogens with one attached hydrogen (secondary N) is 1. The molecular formula is C14H14BrFN2O2. The molecule has 0 atom stereocenters. The third kappa shape index (κ3) is 2.81. The first-order valence-corrected chi connectivity index (χ1v) is 6.91. The first-order valence-electron chi connectivity index (χ1n) is 6.12. The van der Waals surface area contributed by atoms with Crippen molar-refractivity contribution in [2.75, 3.05) is 11.9 Å². The van der Waals surface area contributed by atoms with Gasteiger partial charge in [-0.2, -0.15) is 0 Å². The Morgan fingerprint density at radius 1 is 1.50 bits per heavy atom. The molecule has 20 heavy (non-hydrogen) atoms. The molecule has 106 valence electrons. The van der Waals surface area contributed by atoms with E-state index in [0.29, 0.717) is 26.6 Å². The molecule has 0 spiro atoms. The van der Waals surface area contributed by atoms with Crippen molar-refractivity contribution >= 4 is 38.3 Å². The maximum Gasteiger partial charge on any atom is 0.191 e. The van der Waals surface area contributed by atoms with Crippen molar-refractivity contribution in [1.82, 2.24) is 4.98 Å². The fourth-order valence-corrected chi connectivity index (χ4v) is 2.27. The number of pyridine rings is 1. The molecule has 0 saturated heterocycles. The quantitative estimate of drug-likeness (QED) is 0.839. The summed E-state index contributed by atoms with van der Waals surface area (Å²) < 4.78 is 13.9. The lowest BCUT2D eigenvalue weighted by Gasteiger charge is -2.16. The Hall–Kier alpha value is -1.53. The number of ketones is 1. The van der Waals surface area contributed by atoms with Gasteiger partial charge in [-0.25, -0.2) is 4.39 Å². The highest BCUT2D eigenvalue weighted by atomic mass is 79.9. The van der Waals surface area contributed by atoms with Crippen molar-refractivity contribution in [3.05, 3.63) is 34.2 Å². The highest BCUT2D eigenvalue weighted by Crippen LogP contribution is 2.31. The zero-order valence-electron chi connectivity index (χ0n) is 11.1. The fourth-order valence-electron chi connectivity index (χ4n) is 1.93. The number of aliphatic hydroxyl groups is 1. The highest BCUT2D eigenvalue weighted by molar-refractivity contribution is 9.10. The van der Waals surface area contributed by atoms with E-state index in [0.717, 1.165) is 0 Å². The monoisotopic (exact) mass is 340 g/mol. The largest absolute Gasteiger partial charge is 0.388 e. The molecule has 1 heterocycles. The molecule has 2 rings (SSSR count). The summed E-state index contributed by atoms with van der Waals surface area (Å²) in [7, 11) is 0. The van der Waals surface area contributed by atoms with Crippen LogP contribution in [0.5, 0.6) is 0 Å². The Morgan fingerprint density at radius 3 is 2.80 bits per heavy atom. The first kappa shape index (κ1) is 14.9. The summed E-state index contributed by atoms with van der Waals surface area (Å²) in [6, 6.07) is 2.96. The lowest BCUT2D eigenvalue weighted by Crippen LogP contribution is -2.16. The van der Waals surface area contributed by atoms with Gasteiger partial charge in [0.2, 0.25) is 0 Å². The lowest BCUT2D eigenvalue weighted by molar-refractivity contribution is 0.0904. The van der Waals surface area contributed by atoms with Crippen LogP contribution in [0.15, 0.2) is 22.8 Å². The summed E-state index contributed by atoms with van der Waals surface area (Å²) in [5.74, 6) is -0.843. The van der Waals surface area contributed by atoms with Crippen LogP contribution in [0.2, 0.25) is 0 Å². The van der Waals surface area contributed by atoms with Crippen molar-refractivity contribution in [2.24, 2.45) is 0 Å². The second-order valence-electron chi connectivity index (χ2n) is 4.71. The number of aromatic nitrogens is 1. The van der Waals surface area contributed by atoms with Crippen LogP contribution < -0.4 is 5.32 Å². The van der Waals surface area contributed by atoms with Gasteiger partial charge < -0.3 is 10.4 Å². The van der Waals surface area contributed by atoms with Gasteiger partial charge in [-0.3, -0.25) is 9.78 Å². The van der Waals surface area contributed by atoms with E-state index in [4.69, 9.17) is 5.11 Å². The Kier molecular flexibility index (Phi) is 4.35. The van der Waals surface area contributed by atoms with Gasteiger partial charge in [-0.1, -0.05) is 0 Å². The van der Waals surface area contributed by atoms with Crippen LogP contribution in [0.4, 0.5) is 10.1 Å². The minimum Gasteiger partial charge on any atom is -0.388 e. The van der Waals surface area contributed by atoms with Crippen molar-refractivity contribution < 1.29 is 14.3 Å². The molecule has 0 aliphatic carbocycles. The summed E-state index contributed by atoms with van der Waals surface area (Å²) >= 11 is 3.13. The number of nitrogens with zero attached hydrogens (tertiary/aromatic N) is 1. The molecule has 2 aromatic rings. The van der Waals surface area contributed by atoms with Crippen LogP contribution >= 0.6 is 15.9 Å². The van der Waals surface area contributed by atoms with Crippen molar-refractivity contribution in [1.29, 1.82) is 0 Å². The van der Waals surface area contributed by atoms with Crippen LogP contribution in [0.3, 0.4) is 0 Å². The third-order valence-corrected chi connectivity index (χ3v) is 3.39. The standard InChI is InChI=1S/C14H14BrFN2O2/c1-7(2)18-14-8-3-10(15)11(16)4-12(8)17-5-9(14)13(20)6-19/h3-5,7,19H,6H2,1-2H3,(H,17,18). The van der Waals surface area contributed by atoms with Crippen molar-refractivity contribution in [3.8, 4) is 0 Å². The van der Waals surface area contributed by atoms with E-state index in [9.17, 15) is 9.18 Å². The predicted octanol–water partition coefficient (Wildman–Crippen LogP) is 3.13. The van der Waals surface area contributed by atoms with Crippen LogP contribution in [0.1, 0.15) is 24.2 Å². The average molecular weight is 341 g/mol. The minimum absolute atomic E-state index is 0.0784. The second kappa shape index (κ2) is 5.85. The number of rotatable bonds is 4. The molecular weight excluding hydrogens is 327 g/mol. The first-order chi connectivity index (χ1) is 9.43. The smallest absolute Gasteiger partial charge is 0.191 e. The fraction of sp³-hybridized carbons (Fsp3) is 0.286. The molecule has 0 bridgehead atoms. The predicted molar refractivity (Wildman–Crippen MR) is 79.6 cm³/mol. The van der Waals surface area contributed by atoms with Gasteiger partial charge in [0.15, 0.2) is 5.78 Å². The Morgan fingerprint density at radius 2 is 2.20 bits per heavy atom. The lowest BCUT2D eigenvalue weighted by atomic mass is 10.1. The highest BCUT2D eigenvalue weighted by Gasteiger charge is 2.17. The molecule has 0 aliphatic rings. The van der Waals surface area contributed by atoms with Crippen LogP contribution in [0, 0.1) is 5.82 Å². The summed E-state index contributed by atoms with van der Waals surface area (Å²) in [6.45, 7) is 3.26. The van der Waals surface area contributed by atoms with E-state index in [1.807, 2.05) is 13.8 Å². The number of carbonyl (C=O) groups is 1. The molecule has 0 fully saturated rings. The number of fused-ring (bicyclic) bond motifs is 1. The summed E-state index contributed by atoms with van der Waals surface area (Å²) in [4.78, 5) is 15.9. The normalized spacial score (nSPS) is 11.1. The number of halogens is 2. The maximum absolute atomic E-state index is 13.6. The zero-order valence-corrected chi connectivity index (χ0v) is 12.7. The SMILES string of the molecule is CC(C)Nc1c(C(=O)CO)cnc2cc(F)c(Br)cc12. The van der Waals surface area contributed by atoms with E-state index >= 15 is 0 Å². The number of aliphatic hydroxyl groups excluding tert-OH is 1. The topological polar surface area (TPSA) is 62.2 Å². The molecule has 0 saturated carbocycles. The van der Waals surface area contributed by atoms with Gasteiger partial charge in [-0.05, 0) is 35.8 Å². The Bertz CT molecular complexity index is 674. The number of anilines is 1. The van der Waals surface area contributed by atoms with Gasteiger partial charge in [-0.15, -0.1) is 0 Å². The Balaban J connectivity index is 2.75. The van der Waals surface area contributed by atoms with E-state index in [1.165, 1.54) is 12.3 Å². The summed E-state index contributed by atoms with van der Waals surface area (Å²) in [5, 5.41) is 12.8. The summed E-state index contributed by atoms with van der Waals surface area (Å²) in [5.41, 5.74) is 1.31. The third-order valence-electron chi connectivity index (χ3n) is 2.79. The number of Topliss-reactive ketones (excluding diaryl/α,β-unsaturated/α-hetero) is 1. The van der Waals surface area contributed by atoms with Crippen LogP contribution in [-0.4, -0.2) is 28.5 Å². The molecule has 6 heteroatoms. The summed E-state index contributed by atoms with van der Waals surface area (Å²) in [6.07, 6.45) is 1.36. The minimum atomic E-state index is -0.595. The molecule has 4 nitrogen and oxygen atoms in total. The van der Waals surface area contributed by atoms with E-state index in [-0.39, 0.29) is 6.04 Å². The molecule has 2 N–H and O–H groups in total. The van der Waals surface area contributed by atoms with Gasteiger partial charge in [0.1, 0.15) is 12.4 Å². The van der Waals surface area contributed by atoms with Crippen molar-refractivity contribution in [3.63, 3.8) is 0 Å². The Labute approximate surface area is 124 Å². The molecule has 0 unspecified atom stereocenters. The van der Waals surface area contributed by atoms with Gasteiger partial charge >= 0.3 is 0 Å². The van der Waals surface area contributed by atoms with Crippen LogP contribution in [-0.2, 0) is 0 Å². The number of hydrogen-bond donors (Lipinski definition) is 2. The molecule has 1 aromatic heterocycles. The van der Waals surface area contributed by atoms with E-state index in [1.54, 1.807) is 6.07 Å². The molecule has 0 radical (unpaired) electrons. The average Bonchev–Trinajstić information content (AvgIpc) is 2.39. The van der Waals surface area contributed by atoms with E-state index < -0.39 is 18.2 Å².